The predicted molar refractivity (Wildman–Crippen MR) is 136 cm³/mol. The molecule has 1 saturated carbocycles. The van der Waals surface area contributed by atoms with Crippen molar-refractivity contribution >= 4 is 28.4 Å². The smallest absolute Gasteiger partial charge is 0.360 e. The lowest BCUT2D eigenvalue weighted by Gasteiger charge is -2.27. The number of H-pyrrole nitrogens is 1. The standard InChI is InChI=1S/C29H25ClF4N2O/c30-24-16-22-11-13-35-27(22)25(26(24)31)28(37)36(14-12-18-3-1-6-23(15-18)29(32,33)34)17-19-7-9-21(10-8-19)20-4-2-5-20/h1,3,6-11,13,15-16,20,35H,2,4-5,12,14,17H2. The first kappa shape index (κ1) is 25.3. The predicted octanol–water partition coefficient (Wildman–Crippen LogP) is 8.13. The van der Waals surface area contributed by atoms with Crippen molar-refractivity contribution in [2.24, 2.45) is 0 Å². The van der Waals surface area contributed by atoms with Crippen molar-refractivity contribution in [3.8, 4) is 0 Å². The highest BCUT2D eigenvalue weighted by Gasteiger charge is 2.30. The van der Waals surface area contributed by atoms with E-state index in [2.05, 4.69) is 17.1 Å². The molecule has 3 aromatic carbocycles. The molecule has 0 atom stereocenters. The van der Waals surface area contributed by atoms with Gasteiger partial charge >= 0.3 is 6.18 Å². The highest BCUT2D eigenvalue weighted by molar-refractivity contribution is 6.32. The van der Waals surface area contributed by atoms with Crippen LogP contribution in [0.1, 0.15) is 57.8 Å². The lowest BCUT2D eigenvalue weighted by molar-refractivity contribution is -0.137. The van der Waals surface area contributed by atoms with Crippen LogP contribution >= 0.6 is 11.6 Å². The summed E-state index contributed by atoms with van der Waals surface area (Å²) in [6, 6.07) is 16.2. The quantitative estimate of drug-likeness (QED) is 0.241. The molecule has 1 N–H and O–H groups in total. The Morgan fingerprint density at radius 3 is 2.46 bits per heavy atom. The minimum atomic E-state index is -4.46. The molecular weight excluding hydrogens is 504 g/mol. The van der Waals surface area contributed by atoms with Gasteiger partial charge in [0, 0.05) is 24.7 Å². The number of hydrogen-bond acceptors (Lipinski definition) is 1. The largest absolute Gasteiger partial charge is 0.416 e. The van der Waals surface area contributed by atoms with Crippen molar-refractivity contribution in [1.29, 1.82) is 0 Å². The molecule has 0 unspecified atom stereocenters. The van der Waals surface area contributed by atoms with Gasteiger partial charge in [-0.25, -0.2) is 4.39 Å². The SMILES string of the molecule is O=C(c1c(F)c(Cl)cc2cc[nH]c12)N(CCc1cccc(C(F)(F)F)c1)Cc1ccc(C2CCC2)cc1. The Labute approximate surface area is 217 Å². The monoisotopic (exact) mass is 528 g/mol. The Morgan fingerprint density at radius 2 is 1.78 bits per heavy atom. The van der Waals surface area contributed by atoms with Gasteiger partial charge in [0.2, 0.25) is 0 Å². The summed E-state index contributed by atoms with van der Waals surface area (Å²) in [5, 5.41) is 0.426. The average molecular weight is 529 g/mol. The van der Waals surface area contributed by atoms with Gasteiger partial charge in [-0.1, -0.05) is 60.5 Å². The molecule has 192 valence electrons. The minimum absolute atomic E-state index is 0.0959. The number of nitrogens with one attached hydrogen (secondary N) is 1. The summed E-state index contributed by atoms with van der Waals surface area (Å²) in [5.74, 6) is -0.845. The van der Waals surface area contributed by atoms with Gasteiger partial charge in [-0.15, -0.1) is 0 Å². The number of nitrogens with zero attached hydrogens (tertiary/aromatic N) is 1. The Hall–Kier alpha value is -3.32. The second-order valence-electron chi connectivity index (χ2n) is 9.53. The summed E-state index contributed by atoms with van der Waals surface area (Å²) in [4.78, 5) is 18.1. The van der Waals surface area contributed by atoms with Crippen LogP contribution in [-0.2, 0) is 19.1 Å². The van der Waals surface area contributed by atoms with E-state index >= 15 is 4.39 Å². The first-order chi connectivity index (χ1) is 17.7. The number of carbonyl (C=O) groups is 1. The molecule has 1 aliphatic carbocycles. The second kappa shape index (κ2) is 10.2. The molecular formula is C29H25ClF4N2O. The van der Waals surface area contributed by atoms with Crippen LogP contribution < -0.4 is 0 Å². The summed E-state index contributed by atoms with van der Waals surface area (Å²) in [6.45, 7) is 0.273. The van der Waals surface area contributed by atoms with Crippen molar-refractivity contribution in [1.82, 2.24) is 9.88 Å². The molecule has 0 aliphatic heterocycles. The molecule has 8 heteroatoms. The van der Waals surface area contributed by atoms with E-state index in [4.69, 9.17) is 11.6 Å². The van der Waals surface area contributed by atoms with Crippen LogP contribution in [0.4, 0.5) is 17.6 Å². The van der Waals surface area contributed by atoms with Gasteiger partial charge in [0.1, 0.15) is 5.56 Å². The molecule has 1 aromatic heterocycles. The number of aromatic amines is 1. The number of carbonyl (C=O) groups excluding carboxylic acids is 1. The van der Waals surface area contributed by atoms with Crippen molar-refractivity contribution in [2.45, 2.75) is 44.3 Å². The summed E-state index contributed by atoms with van der Waals surface area (Å²) < 4.78 is 54.8. The van der Waals surface area contributed by atoms with E-state index in [9.17, 15) is 18.0 Å². The van der Waals surface area contributed by atoms with E-state index in [1.807, 2.05) is 12.1 Å². The highest BCUT2D eigenvalue weighted by Crippen LogP contribution is 2.36. The van der Waals surface area contributed by atoms with Crippen LogP contribution in [0.5, 0.6) is 0 Å². The van der Waals surface area contributed by atoms with Crippen LogP contribution in [-0.4, -0.2) is 22.3 Å². The third kappa shape index (κ3) is 5.37. The van der Waals surface area contributed by atoms with Gasteiger partial charge in [0.25, 0.3) is 5.91 Å². The van der Waals surface area contributed by atoms with Crippen LogP contribution in [0.15, 0.2) is 66.9 Å². The Balaban J connectivity index is 1.45. The average Bonchev–Trinajstić information content (AvgIpc) is 3.29. The zero-order valence-electron chi connectivity index (χ0n) is 19.9. The first-order valence-corrected chi connectivity index (χ1v) is 12.6. The third-order valence-corrected chi connectivity index (χ3v) is 7.37. The van der Waals surface area contributed by atoms with Crippen LogP contribution in [0.3, 0.4) is 0 Å². The molecule has 0 saturated heterocycles. The fraction of sp³-hybridized carbons (Fsp3) is 0.276. The molecule has 3 nitrogen and oxygen atoms in total. The summed E-state index contributed by atoms with van der Waals surface area (Å²) in [7, 11) is 0. The van der Waals surface area contributed by atoms with Crippen LogP contribution in [0.25, 0.3) is 10.9 Å². The molecule has 0 spiro atoms. The maximum Gasteiger partial charge on any atom is 0.416 e. The van der Waals surface area contributed by atoms with E-state index in [1.54, 1.807) is 18.3 Å². The van der Waals surface area contributed by atoms with Gasteiger partial charge in [-0.3, -0.25) is 4.79 Å². The van der Waals surface area contributed by atoms with Gasteiger partial charge in [0.15, 0.2) is 5.82 Å². The maximum absolute atomic E-state index is 15.2. The third-order valence-electron chi connectivity index (χ3n) is 7.10. The molecule has 0 bridgehead atoms. The van der Waals surface area contributed by atoms with Gasteiger partial charge in [-0.2, -0.15) is 13.2 Å². The van der Waals surface area contributed by atoms with Crippen molar-refractivity contribution in [3.05, 3.63) is 106 Å². The number of aromatic nitrogens is 1. The summed E-state index contributed by atoms with van der Waals surface area (Å²) >= 11 is 6.09. The molecule has 37 heavy (non-hydrogen) atoms. The molecule has 5 rings (SSSR count). The van der Waals surface area contributed by atoms with Crippen molar-refractivity contribution in [2.75, 3.05) is 6.54 Å². The Morgan fingerprint density at radius 1 is 1.03 bits per heavy atom. The fourth-order valence-electron chi connectivity index (χ4n) is 4.78. The topological polar surface area (TPSA) is 36.1 Å². The second-order valence-corrected chi connectivity index (χ2v) is 9.94. The van der Waals surface area contributed by atoms with Crippen LogP contribution in [0.2, 0.25) is 5.02 Å². The van der Waals surface area contributed by atoms with E-state index in [0.29, 0.717) is 22.4 Å². The van der Waals surface area contributed by atoms with Gasteiger partial charge < -0.3 is 9.88 Å². The number of rotatable bonds is 7. The number of hydrogen-bond donors (Lipinski definition) is 1. The maximum atomic E-state index is 15.2. The minimum Gasteiger partial charge on any atom is -0.360 e. The zero-order valence-corrected chi connectivity index (χ0v) is 20.7. The summed E-state index contributed by atoms with van der Waals surface area (Å²) in [5.41, 5.74) is 1.95. The number of benzene rings is 3. The summed E-state index contributed by atoms with van der Waals surface area (Å²) in [6.07, 6.45) is 0.872. The Kier molecular flexibility index (Phi) is 6.99. The fourth-order valence-corrected chi connectivity index (χ4v) is 5.00. The number of amides is 1. The highest BCUT2D eigenvalue weighted by atomic mass is 35.5. The van der Waals surface area contributed by atoms with E-state index in [1.165, 1.54) is 41.9 Å². The van der Waals surface area contributed by atoms with Crippen LogP contribution in [0, 0.1) is 5.82 Å². The van der Waals surface area contributed by atoms with E-state index in [0.717, 1.165) is 17.7 Å². The lowest BCUT2D eigenvalue weighted by atomic mass is 9.80. The molecule has 0 radical (unpaired) electrons. The number of halogens is 5. The molecule has 1 fully saturated rings. The first-order valence-electron chi connectivity index (χ1n) is 12.2. The molecule has 1 heterocycles. The zero-order chi connectivity index (χ0) is 26.2. The van der Waals surface area contributed by atoms with E-state index < -0.39 is 23.5 Å². The van der Waals surface area contributed by atoms with Gasteiger partial charge in [0.05, 0.1) is 16.1 Å². The lowest BCUT2D eigenvalue weighted by Crippen LogP contribution is -2.33. The number of alkyl halides is 3. The number of fused-ring (bicyclic) bond motifs is 1. The Bertz CT molecular complexity index is 1420. The van der Waals surface area contributed by atoms with Crippen molar-refractivity contribution in [3.63, 3.8) is 0 Å². The molecule has 1 amide bonds. The molecule has 1 aliphatic rings. The molecule has 4 aromatic rings. The van der Waals surface area contributed by atoms with E-state index in [-0.39, 0.29) is 30.1 Å². The van der Waals surface area contributed by atoms with Crippen molar-refractivity contribution < 1.29 is 22.4 Å². The van der Waals surface area contributed by atoms with Gasteiger partial charge in [-0.05, 0) is 60.1 Å². The normalized spacial score (nSPS) is 14.1.